The molecule has 102 valence electrons. The van der Waals surface area contributed by atoms with E-state index >= 15 is 0 Å². The Morgan fingerprint density at radius 2 is 2.26 bits per heavy atom. The molecule has 0 aliphatic heterocycles. The van der Waals surface area contributed by atoms with Crippen LogP contribution in [0.4, 0.5) is 0 Å². The van der Waals surface area contributed by atoms with Gasteiger partial charge in [-0.15, -0.1) is 11.3 Å². The number of carbonyl (C=O) groups is 1. The maximum atomic E-state index is 11.3. The molecule has 0 aromatic carbocycles. The number of methoxy groups -OCH3 is 1. The van der Waals surface area contributed by atoms with E-state index in [2.05, 4.69) is 10.1 Å². The van der Waals surface area contributed by atoms with Gasteiger partial charge in [-0.05, 0) is 31.2 Å². The SMILES string of the molecule is COC(=O)c1ccc(C(C)NCc2ccc(Cl)s2)o1. The molecule has 19 heavy (non-hydrogen) atoms. The summed E-state index contributed by atoms with van der Waals surface area (Å²) in [5.74, 6) is 0.442. The second kappa shape index (κ2) is 6.23. The third kappa shape index (κ3) is 3.59. The first-order valence-electron chi connectivity index (χ1n) is 5.76. The Hall–Kier alpha value is -1.30. The number of furan rings is 1. The molecule has 0 spiro atoms. The lowest BCUT2D eigenvalue weighted by Gasteiger charge is -2.10. The van der Waals surface area contributed by atoms with Crippen molar-refractivity contribution in [3.8, 4) is 0 Å². The number of nitrogens with one attached hydrogen (secondary N) is 1. The van der Waals surface area contributed by atoms with Crippen molar-refractivity contribution in [2.45, 2.75) is 19.5 Å². The van der Waals surface area contributed by atoms with Crippen molar-refractivity contribution in [2.75, 3.05) is 7.11 Å². The van der Waals surface area contributed by atoms with E-state index < -0.39 is 5.97 Å². The lowest BCUT2D eigenvalue weighted by molar-refractivity contribution is 0.0562. The van der Waals surface area contributed by atoms with Gasteiger partial charge in [0.15, 0.2) is 0 Å². The van der Waals surface area contributed by atoms with Crippen molar-refractivity contribution in [3.05, 3.63) is 45.0 Å². The predicted octanol–water partition coefficient (Wildman–Crippen LogP) is 3.63. The van der Waals surface area contributed by atoms with Crippen molar-refractivity contribution in [1.29, 1.82) is 0 Å². The van der Waals surface area contributed by atoms with Gasteiger partial charge in [0.2, 0.25) is 5.76 Å². The highest BCUT2D eigenvalue weighted by atomic mass is 35.5. The molecule has 1 unspecified atom stereocenters. The zero-order valence-electron chi connectivity index (χ0n) is 10.6. The van der Waals surface area contributed by atoms with Gasteiger partial charge in [0, 0.05) is 11.4 Å². The number of hydrogen-bond donors (Lipinski definition) is 1. The van der Waals surface area contributed by atoms with Gasteiger partial charge >= 0.3 is 5.97 Å². The average molecular weight is 300 g/mol. The highest BCUT2D eigenvalue weighted by Crippen LogP contribution is 2.22. The molecule has 2 rings (SSSR count). The molecule has 0 aliphatic rings. The number of thiophene rings is 1. The largest absolute Gasteiger partial charge is 0.463 e. The molecular weight excluding hydrogens is 286 g/mol. The fourth-order valence-electron chi connectivity index (χ4n) is 1.60. The van der Waals surface area contributed by atoms with E-state index in [9.17, 15) is 4.79 Å². The summed E-state index contributed by atoms with van der Waals surface area (Å²) < 4.78 is 10.8. The molecule has 2 heterocycles. The Bertz CT molecular complexity index is 564. The molecule has 2 aromatic rings. The molecule has 0 aliphatic carbocycles. The van der Waals surface area contributed by atoms with Crippen LogP contribution in [-0.2, 0) is 11.3 Å². The van der Waals surface area contributed by atoms with Crippen LogP contribution >= 0.6 is 22.9 Å². The summed E-state index contributed by atoms with van der Waals surface area (Å²) in [7, 11) is 1.33. The Morgan fingerprint density at radius 1 is 1.47 bits per heavy atom. The van der Waals surface area contributed by atoms with Gasteiger partial charge < -0.3 is 14.5 Å². The van der Waals surface area contributed by atoms with Gasteiger partial charge in [-0.2, -0.15) is 0 Å². The van der Waals surface area contributed by atoms with Crippen LogP contribution in [0.15, 0.2) is 28.7 Å². The number of hydrogen-bond acceptors (Lipinski definition) is 5. The number of carbonyl (C=O) groups excluding carboxylic acids is 1. The van der Waals surface area contributed by atoms with E-state index in [1.165, 1.54) is 18.4 Å². The maximum Gasteiger partial charge on any atom is 0.373 e. The summed E-state index contributed by atoms with van der Waals surface area (Å²) in [5, 5.41) is 3.30. The molecule has 6 heteroatoms. The molecular formula is C13H14ClNO3S. The fourth-order valence-corrected chi connectivity index (χ4v) is 2.64. The van der Waals surface area contributed by atoms with E-state index in [0.29, 0.717) is 12.3 Å². The predicted molar refractivity (Wildman–Crippen MR) is 74.6 cm³/mol. The monoisotopic (exact) mass is 299 g/mol. The molecule has 0 fully saturated rings. The van der Waals surface area contributed by atoms with E-state index in [-0.39, 0.29) is 11.8 Å². The first-order valence-corrected chi connectivity index (χ1v) is 6.95. The quantitative estimate of drug-likeness (QED) is 0.857. The minimum atomic E-state index is -0.469. The summed E-state index contributed by atoms with van der Waals surface area (Å²) in [5.41, 5.74) is 0. The van der Waals surface area contributed by atoms with Crippen LogP contribution < -0.4 is 5.32 Å². The first kappa shape index (κ1) is 14.1. The van der Waals surface area contributed by atoms with E-state index in [1.807, 2.05) is 19.1 Å². The number of rotatable bonds is 5. The smallest absolute Gasteiger partial charge is 0.373 e. The summed E-state index contributed by atoms with van der Waals surface area (Å²) in [6.07, 6.45) is 0. The van der Waals surface area contributed by atoms with Crippen LogP contribution in [0.25, 0.3) is 0 Å². The summed E-state index contributed by atoms with van der Waals surface area (Å²) >= 11 is 7.40. The standard InChI is InChI=1S/C13H14ClNO3S/c1-8(15-7-9-3-6-12(14)19-9)10-4-5-11(18-10)13(16)17-2/h3-6,8,15H,7H2,1-2H3. The third-order valence-electron chi connectivity index (χ3n) is 2.65. The number of ether oxygens (including phenoxy) is 1. The highest BCUT2D eigenvalue weighted by Gasteiger charge is 2.15. The van der Waals surface area contributed by atoms with Gasteiger partial charge in [0.25, 0.3) is 0 Å². The maximum absolute atomic E-state index is 11.3. The van der Waals surface area contributed by atoms with Crippen molar-refractivity contribution in [1.82, 2.24) is 5.32 Å². The molecule has 0 saturated heterocycles. The fraction of sp³-hybridized carbons (Fsp3) is 0.308. The Labute approximate surface area is 120 Å². The van der Waals surface area contributed by atoms with Crippen LogP contribution in [-0.4, -0.2) is 13.1 Å². The zero-order valence-corrected chi connectivity index (χ0v) is 12.2. The summed E-state index contributed by atoms with van der Waals surface area (Å²) in [4.78, 5) is 12.4. The Morgan fingerprint density at radius 3 is 2.89 bits per heavy atom. The lowest BCUT2D eigenvalue weighted by Crippen LogP contribution is -2.16. The van der Waals surface area contributed by atoms with Gasteiger partial charge in [-0.25, -0.2) is 4.79 Å². The highest BCUT2D eigenvalue weighted by molar-refractivity contribution is 7.16. The lowest BCUT2D eigenvalue weighted by atomic mass is 10.2. The van der Waals surface area contributed by atoms with Crippen LogP contribution in [0.2, 0.25) is 4.34 Å². The van der Waals surface area contributed by atoms with Gasteiger partial charge in [0.1, 0.15) is 5.76 Å². The molecule has 0 saturated carbocycles. The molecule has 0 amide bonds. The van der Waals surface area contributed by atoms with Gasteiger partial charge in [-0.3, -0.25) is 0 Å². The third-order valence-corrected chi connectivity index (χ3v) is 3.88. The molecule has 4 nitrogen and oxygen atoms in total. The zero-order chi connectivity index (χ0) is 13.8. The molecule has 1 atom stereocenters. The van der Waals surface area contributed by atoms with Crippen LogP contribution in [0, 0.1) is 0 Å². The van der Waals surface area contributed by atoms with Crippen molar-refractivity contribution < 1.29 is 13.9 Å². The van der Waals surface area contributed by atoms with Crippen LogP contribution in [0.5, 0.6) is 0 Å². The van der Waals surface area contributed by atoms with E-state index in [1.54, 1.807) is 12.1 Å². The van der Waals surface area contributed by atoms with E-state index in [4.69, 9.17) is 16.0 Å². The molecule has 0 radical (unpaired) electrons. The van der Waals surface area contributed by atoms with Gasteiger partial charge in [0.05, 0.1) is 17.5 Å². The van der Waals surface area contributed by atoms with Crippen molar-refractivity contribution in [2.24, 2.45) is 0 Å². The first-order chi connectivity index (χ1) is 9.10. The normalized spacial score (nSPS) is 12.4. The van der Waals surface area contributed by atoms with Crippen molar-refractivity contribution in [3.63, 3.8) is 0 Å². The molecule has 1 N–H and O–H groups in total. The number of halogens is 1. The average Bonchev–Trinajstić information content (AvgIpc) is 3.04. The second-order valence-electron chi connectivity index (χ2n) is 4.00. The summed E-state index contributed by atoms with van der Waals surface area (Å²) in [6, 6.07) is 7.23. The van der Waals surface area contributed by atoms with Gasteiger partial charge in [-0.1, -0.05) is 11.6 Å². The minimum Gasteiger partial charge on any atom is -0.463 e. The molecule has 0 bridgehead atoms. The van der Waals surface area contributed by atoms with Crippen molar-refractivity contribution >= 4 is 28.9 Å². The van der Waals surface area contributed by atoms with Crippen LogP contribution in [0.1, 0.15) is 34.2 Å². The number of esters is 1. The minimum absolute atomic E-state index is 0.000665. The van der Waals surface area contributed by atoms with E-state index in [0.717, 1.165) is 9.21 Å². The molecule has 2 aromatic heterocycles. The topological polar surface area (TPSA) is 51.5 Å². The van der Waals surface area contributed by atoms with Crippen LogP contribution in [0.3, 0.4) is 0 Å². The Kier molecular flexibility index (Phi) is 4.63. The second-order valence-corrected chi connectivity index (χ2v) is 5.80. The summed E-state index contributed by atoms with van der Waals surface area (Å²) in [6.45, 7) is 2.67. The Balaban J connectivity index is 1.94.